The van der Waals surface area contributed by atoms with Gasteiger partial charge in [-0.2, -0.15) is 4.31 Å². The van der Waals surface area contributed by atoms with Crippen LogP contribution in [0.1, 0.15) is 59.4 Å². The van der Waals surface area contributed by atoms with Gasteiger partial charge in [0.15, 0.2) is 0 Å². The Labute approximate surface area is 214 Å². The number of aryl methyl sites for hydroxylation is 1. The van der Waals surface area contributed by atoms with Gasteiger partial charge in [-0.3, -0.25) is 4.98 Å². The Bertz CT molecular complexity index is 1360. The fourth-order valence-electron chi connectivity index (χ4n) is 5.30. The topological polar surface area (TPSA) is 68.7 Å². The van der Waals surface area contributed by atoms with Gasteiger partial charge in [-0.15, -0.1) is 0 Å². The third-order valence-electron chi connectivity index (χ3n) is 7.37. The molecular weight excluding hydrogens is 472 g/mol. The molecule has 0 radical (unpaired) electrons. The number of methoxy groups -OCH3 is 1. The van der Waals surface area contributed by atoms with Gasteiger partial charge in [0.25, 0.3) is 0 Å². The number of fused-ring (bicyclic) bond motifs is 3. The van der Waals surface area contributed by atoms with Crippen molar-refractivity contribution in [1.29, 1.82) is 0 Å². The molecule has 0 spiro atoms. The molecular formula is C29H34N2O4S. The van der Waals surface area contributed by atoms with Crippen molar-refractivity contribution < 1.29 is 17.9 Å². The average molecular weight is 507 g/mol. The van der Waals surface area contributed by atoms with Crippen LogP contribution in [0.2, 0.25) is 0 Å². The second-order valence-corrected chi connectivity index (χ2v) is 11.8. The van der Waals surface area contributed by atoms with Crippen LogP contribution in [-0.4, -0.2) is 37.1 Å². The number of sulfonamides is 1. The summed E-state index contributed by atoms with van der Waals surface area (Å²) in [5.41, 5.74) is 8.59. The smallest absolute Gasteiger partial charge is 0.214 e. The second kappa shape index (κ2) is 10.3. The highest BCUT2D eigenvalue weighted by Gasteiger charge is 2.34. The number of hydrogen-bond acceptors (Lipinski definition) is 5. The van der Waals surface area contributed by atoms with Crippen LogP contribution < -0.4 is 4.74 Å². The van der Waals surface area contributed by atoms with Crippen LogP contribution in [0, 0.1) is 6.92 Å². The summed E-state index contributed by atoms with van der Waals surface area (Å²) in [6.07, 6.45) is 2.78. The molecule has 0 aliphatic carbocycles. The molecule has 1 atom stereocenters. The van der Waals surface area contributed by atoms with E-state index in [1.165, 1.54) is 0 Å². The first-order chi connectivity index (χ1) is 17.4. The zero-order valence-corrected chi connectivity index (χ0v) is 22.1. The predicted molar refractivity (Wildman–Crippen MR) is 141 cm³/mol. The highest BCUT2D eigenvalue weighted by Crippen LogP contribution is 2.41. The Morgan fingerprint density at radius 2 is 1.92 bits per heavy atom. The molecule has 1 aromatic heterocycles. The molecule has 0 amide bonds. The quantitative estimate of drug-likeness (QED) is 0.431. The molecule has 0 saturated heterocycles. The van der Waals surface area contributed by atoms with Crippen LogP contribution in [0.15, 0.2) is 48.5 Å². The van der Waals surface area contributed by atoms with Gasteiger partial charge in [-0.1, -0.05) is 43.7 Å². The van der Waals surface area contributed by atoms with Crippen molar-refractivity contribution in [2.45, 2.75) is 58.8 Å². The number of nitrogens with zero attached hydrogens (tertiary/aromatic N) is 2. The minimum atomic E-state index is -3.29. The average Bonchev–Trinajstić information content (AvgIpc) is 2.91. The van der Waals surface area contributed by atoms with Gasteiger partial charge in [0.05, 0.1) is 31.3 Å². The highest BCUT2D eigenvalue weighted by molar-refractivity contribution is 7.89. The molecule has 0 unspecified atom stereocenters. The van der Waals surface area contributed by atoms with Crippen LogP contribution >= 0.6 is 0 Å². The largest absolute Gasteiger partial charge is 0.497 e. The van der Waals surface area contributed by atoms with E-state index in [4.69, 9.17) is 14.5 Å². The minimum absolute atomic E-state index is 0.0659. The molecule has 3 aromatic rings. The lowest BCUT2D eigenvalue weighted by Crippen LogP contribution is -2.39. The Balaban J connectivity index is 1.60. The lowest BCUT2D eigenvalue weighted by atomic mass is 9.86. The second-order valence-electron chi connectivity index (χ2n) is 9.69. The number of hydrogen-bond donors (Lipinski definition) is 0. The van der Waals surface area contributed by atoms with Crippen LogP contribution in [0.4, 0.5) is 0 Å². The summed E-state index contributed by atoms with van der Waals surface area (Å²) in [4.78, 5) is 5.20. The van der Waals surface area contributed by atoms with Crippen molar-refractivity contribution in [3.05, 3.63) is 82.0 Å². The normalized spacial score (nSPS) is 17.9. The van der Waals surface area contributed by atoms with E-state index < -0.39 is 10.0 Å². The van der Waals surface area contributed by atoms with E-state index in [0.29, 0.717) is 39.0 Å². The first-order valence-corrected chi connectivity index (χ1v) is 14.3. The lowest BCUT2D eigenvalue weighted by Gasteiger charge is -2.34. The van der Waals surface area contributed by atoms with Crippen molar-refractivity contribution >= 4 is 10.0 Å². The summed E-state index contributed by atoms with van der Waals surface area (Å²) < 4.78 is 39.5. The molecule has 2 aliphatic heterocycles. The Morgan fingerprint density at radius 1 is 1.11 bits per heavy atom. The van der Waals surface area contributed by atoms with Crippen molar-refractivity contribution in [3.63, 3.8) is 0 Å². The van der Waals surface area contributed by atoms with Crippen molar-refractivity contribution in [2.75, 3.05) is 19.4 Å². The minimum Gasteiger partial charge on any atom is -0.497 e. The van der Waals surface area contributed by atoms with Gasteiger partial charge in [0.1, 0.15) is 5.75 Å². The number of rotatable bonds is 7. The van der Waals surface area contributed by atoms with Gasteiger partial charge >= 0.3 is 0 Å². The molecule has 2 aliphatic rings. The lowest BCUT2D eigenvalue weighted by molar-refractivity contribution is 0.0265. The Kier molecular flexibility index (Phi) is 7.15. The molecule has 190 valence electrons. The summed E-state index contributed by atoms with van der Waals surface area (Å²) in [5, 5.41) is 0. The summed E-state index contributed by atoms with van der Waals surface area (Å²) in [5.74, 6) is 1.02. The maximum atomic E-state index is 13.0. The van der Waals surface area contributed by atoms with E-state index in [-0.39, 0.29) is 11.9 Å². The van der Waals surface area contributed by atoms with E-state index in [1.807, 2.05) is 37.3 Å². The van der Waals surface area contributed by atoms with Gasteiger partial charge < -0.3 is 9.47 Å². The van der Waals surface area contributed by atoms with Crippen LogP contribution in [0.5, 0.6) is 5.75 Å². The van der Waals surface area contributed by atoms with Crippen molar-refractivity contribution in [2.24, 2.45) is 0 Å². The number of unbranched alkanes of at least 4 members (excludes halogenated alkanes) is 1. The van der Waals surface area contributed by atoms with Gasteiger partial charge in [-0.25, -0.2) is 8.42 Å². The number of pyridine rings is 1. The van der Waals surface area contributed by atoms with Crippen molar-refractivity contribution in [1.82, 2.24) is 9.29 Å². The summed E-state index contributed by atoms with van der Waals surface area (Å²) in [6, 6.07) is 16.4. The number of ether oxygens (including phenoxy) is 2. The molecule has 5 rings (SSSR count). The van der Waals surface area contributed by atoms with Gasteiger partial charge in [-0.05, 0) is 59.4 Å². The molecule has 0 saturated carbocycles. The van der Waals surface area contributed by atoms with Gasteiger partial charge in [0, 0.05) is 37.2 Å². The monoisotopic (exact) mass is 506 g/mol. The maximum Gasteiger partial charge on any atom is 0.214 e. The number of aromatic nitrogens is 1. The molecule has 7 heteroatoms. The first kappa shape index (κ1) is 24.9. The van der Waals surface area contributed by atoms with E-state index in [2.05, 4.69) is 25.1 Å². The fraction of sp³-hybridized carbons (Fsp3) is 0.414. The zero-order chi connectivity index (χ0) is 25.3. The van der Waals surface area contributed by atoms with E-state index >= 15 is 0 Å². The maximum absolute atomic E-state index is 13.0. The number of benzene rings is 2. The van der Waals surface area contributed by atoms with Crippen LogP contribution in [0.3, 0.4) is 0 Å². The highest BCUT2D eigenvalue weighted by atomic mass is 32.2. The molecule has 2 aromatic carbocycles. The first-order valence-electron chi connectivity index (χ1n) is 12.7. The van der Waals surface area contributed by atoms with E-state index in [1.54, 1.807) is 11.4 Å². The predicted octanol–water partition coefficient (Wildman–Crippen LogP) is 5.37. The Hall–Kier alpha value is -2.74. The van der Waals surface area contributed by atoms with Gasteiger partial charge in [0.2, 0.25) is 10.0 Å². The van der Waals surface area contributed by atoms with Crippen LogP contribution in [-0.2, 0) is 40.8 Å². The fourth-order valence-corrected chi connectivity index (χ4v) is 6.90. The third kappa shape index (κ3) is 4.80. The molecule has 0 bridgehead atoms. The van der Waals surface area contributed by atoms with Crippen molar-refractivity contribution in [3.8, 4) is 17.0 Å². The molecule has 0 fully saturated rings. The Morgan fingerprint density at radius 3 is 2.64 bits per heavy atom. The summed E-state index contributed by atoms with van der Waals surface area (Å²) in [6.45, 7) is 5.40. The molecule has 36 heavy (non-hydrogen) atoms. The standard InChI is InChI=1S/C29H34N2O4S/c1-4-5-15-36(32,33)31-14-13-27-25(18-31)26-19-35-28(21-9-7-6-8-10-21)17-24(26)29(30-27)23-12-11-22(34-3)16-20(23)2/h6-12,16,28H,4-5,13-15,17-19H2,1-3H3/t28-/m1/s1. The molecule has 3 heterocycles. The van der Waals surface area contributed by atoms with E-state index in [0.717, 1.165) is 56.9 Å². The van der Waals surface area contributed by atoms with E-state index in [9.17, 15) is 8.42 Å². The molecule has 0 N–H and O–H groups in total. The summed E-state index contributed by atoms with van der Waals surface area (Å²) in [7, 11) is -1.62. The third-order valence-corrected chi connectivity index (χ3v) is 9.27. The molecule has 6 nitrogen and oxygen atoms in total. The summed E-state index contributed by atoms with van der Waals surface area (Å²) >= 11 is 0. The zero-order valence-electron chi connectivity index (χ0n) is 21.3. The van der Waals surface area contributed by atoms with Crippen LogP contribution in [0.25, 0.3) is 11.3 Å². The SMILES string of the molecule is CCCCS(=O)(=O)N1CCc2nc(-c3ccc(OC)cc3C)c3c(c2C1)CO[C@@H](c1ccccc1)C3.